The molecule has 4 rings (SSSR count). The van der Waals surface area contributed by atoms with Gasteiger partial charge in [-0.15, -0.1) is 0 Å². The van der Waals surface area contributed by atoms with Crippen molar-refractivity contribution in [2.45, 2.75) is 83.5 Å². The first-order valence-electron chi connectivity index (χ1n) is 9.78. The summed E-state index contributed by atoms with van der Waals surface area (Å²) in [6.45, 7) is 6.44. The molecule has 0 aliphatic heterocycles. The zero-order valence-corrected chi connectivity index (χ0v) is 15.3. The summed E-state index contributed by atoms with van der Waals surface area (Å²) in [5, 5.41) is 41.9. The molecule has 2 bridgehead atoms. The monoisotopic (exact) mass is 338 g/mol. The lowest BCUT2D eigenvalue weighted by Crippen LogP contribution is -2.63. The normalized spacial score (nSPS) is 58.9. The molecule has 0 aromatic rings. The van der Waals surface area contributed by atoms with Crippen LogP contribution >= 0.6 is 0 Å². The first-order valence-corrected chi connectivity index (χ1v) is 9.78. The number of rotatable bonds is 1. The van der Waals surface area contributed by atoms with Crippen molar-refractivity contribution in [2.75, 3.05) is 6.61 Å². The number of hydrogen-bond acceptors (Lipinski definition) is 4. The SMILES string of the molecule is CC1(C)[C@H](O)[C@H](O)C[C@]2(C)[C@@H]1CC[C@@]13C[C@@H](CC[C@H]12)[C@@](O)(CO)C3. The maximum Gasteiger partial charge on any atom is 0.0910 e. The van der Waals surface area contributed by atoms with E-state index < -0.39 is 17.8 Å². The van der Waals surface area contributed by atoms with E-state index in [-0.39, 0.29) is 28.8 Å². The Morgan fingerprint density at radius 3 is 2.33 bits per heavy atom. The predicted molar refractivity (Wildman–Crippen MR) is 91.2 cm³/mol. The summed E-state index contributed by atoms with van der Waals surface area (Å²) in [6.07, 6.45) is 5.29. The number of fused-ring (bicyclic) bond motifs is 3. The number of aliphatic hydroxyl groups is 4. The lowest BCUT2D eigenvalue weighted by atomic mass is 9.40. The van der Waals surface area contributed by atoms with Crippen LogP contribution in [0.25, 0.3) is 0 Å². The molecule has 0 aromatic carbocycles. The van der Waals surface area contributed by atoms with Crippen LogP contribution in [0.1, 0.15) is 65.7 Å². The minimum atomic E-state index is -0.903. The number of aliphatic hydroxyl groups excluding tert-OH is 3. The fraction of sp³-hybridized carbons (Fsp3) is 1.00. The fourth-order valence-electron chi connectivity index (χ4n) is 8.17. The van der Waals surface area contributed by atoms with E-state index in [1.54, 1.807) is 0 Å². The molecule has 0 saturated heterocycles. The van der Waals surface area contributed by atoms with Crippen LogP contribution < -0.4 is 0 Å². The molecular formula is C20H34O4. The average Bonchev–Trinajstić information content (AvgIpc) is 2.72. The maximum absolute atomic E-state index is 10.9. The van der Waals surface area contributed by atoms with Gasteiger partial charge in [0.25, 0.3) is 0 Å². The van der Waals surface area contributed by atoms with Crippen LogP contribution in [-0.4, -0.2) is 44.8 Å². The van der Waals surface area contributed by atoms with Gasteiger partial charge in [-0.1, -0.05) is 20.8 Å². The van der Waals surface area contributed by atoms with Gasteiger partial charge in [0.2, 0.25) is 0 Å². The van der Waals surface area contributed by atoms with E-state index in [9.17, 15) is 20.4 Å². The largest absolute Gasteiger partial charge is 0.393 e. The molecule has 8 atom stereocenters. The van der Waals surface area contributed by atoms with Crippen molar-refractivity contribution in [3.8, 4) is 0 Å². The molecule has 0 unspecified atom stereocenters. The Bertz CT molecular complexity index is 534. The molecule has 4 N–H and O–H groups in total. The van der Waals surface area contributed by atoms with Crippen molar-refractivity contribution in [1.82, 2.24) is 0 Å². The van der Waals surface area contributed by atoms with Gasteiger partial charge < -0.3 is 20.4 Å². The molecule has 4 heteroatoms. The molecule has 24 heavy (non-hydrogen) atoms. The molecule has 4 aliphatic rings. The van der Waals surface area contributed by atoms with Gasteiger partial charge in [-0.25, -0.2) is 0 Å². The number of hydrogen-bond donors (Lipinski definition) is 4. The highest BCUT2D eigenvalue weighted by Gasteiger charge is 2.68. The first kappa shape index (κ1) is 17.3. The summed E-state index contributed by atoms with van der Waals surface area (Å²) in [5.41, 5.74) is -1.06. The third kappa shape index (κ3) is 1.94. The van der Waals surface area contributed by atoms with Gasteiger partial charge in [-0.05, 0) is 78.9 Å². The van der Waals surface area contributed by atoms with E-state index in [0.717, 1.165) is 32.1 Å². The van der Waals surface area contributed by atoms with Crippen molar-refractivity contribution in [1.29, 1.82) is 0 Å². The second kappa shape index (κ2) is 4.97. The van der Waals surface area contributed by atoms with Crippen LogP contribution in [0.4, 0.5) is 0 Å². The Labute approximate surface area is 145 Å². The van der Waals surface area contributed by atoms with E-state index in [2.05, 4.69) is 20.8 Å². The molecule has 1 spiro atoms. The summed E-state index contributed by atoms with van der Waals surface area (Å²) in [6, 6.07) is 0. The fourth-order valence-corrected chi connectivity index (χ4v) is 8.17. The molecule has 4 fully saturated rings. The molecule has 0 radical (unpaired) electrons. The van der Waals surface area contributed by atoms with Crippen LogP contribution in [0.15, 0.2) is 0 Å². The zero-order valence-electron chi connectivity index (χ0n) is 15.3. The van der Waals surface area contributed by atoms with Crippen molar-refractivity contribution in [3.63, 3.8) is 0 Å². The highest BCUT2D eigenvalue weighted by atomic mass is 16.3. The van der Waals surface area contributed by atoms with Crippen LogP contribution in [0.2, 0.25) is 0 Å². The quantitative estimate of drug-likeness (QED) is 0.590. The van der Waals surface area contributed by atoms with E-state index in [4.69, 9.17) is 0 Å². The van der Waals surface area contributed by atoms with Crippen molar-refractivity contribution < 1.29 is 20.4 Å². The molecule has 4 aliphatic carbocycles. The summed E-state index contributed by atoms with van der Waals surface area (Å²) >= 11 is 0. The summed E-state index contributed by atoms with van der Waals surface area (Å²) in [5.74, 6) is 1.10. The Morgan fingerprint density at radius 2 is 1.67 bits per heavy atom. The van der Waals surface area contributed by atoms with Crippen LogP contribution in [0, 0.1) is 34.0 Å². The summed E-state index contributed by atoms with van der Waals surface area (Å²) in [7, 11) is 0. The zero-order chi connectivity index (χ0) is 17.5. The minimum absolute atomic E-state index is 0.00602. The van der Waals surface area contributed by atoms with Gasteiger partial charge in [0.1, 0.15) is 0 Å². The summed E-state index contributed by atoms with van der Waals surface area (Å²) < 4.78 is 0. The van der Waals surface area contributed by atoms with Gasteiger partial charge in [0.15, 0.2) is 0 Å². The topological polar surface area (TPSA) is 80.9 Å². The standard InChI is InChI=1S/C20H34O4/c1-17(2)14-6-7-19-8-12(20(24,10-19)11-21)4-5-15(19)18(14,3)9-13(22)16(17)23/h12-16,21-24H,4-11H2,1-3H3/t12-,13-,14-,15+,16-,18-,19+,20+/m1/s1. The maximum atomic E-state index is 10.9. The van der Waals surface area contributed by atoms with Gasteiger partial charge in [0, 0.05) is 0 Å². The van der Waals surface area contributed by atoms with Gasteiger partial charge in [-0.3, -0.25) is 0 Å². The average molecular weight is 338 g/mol. The second-order valence-electron chi connectivity index (χ2n) is 10.5. The Balaban J connectivity index is 1.74. The minimum Gasteiger partial charge on any atom is -0.393 e. The predicted octanol–water partition coefficient (Wildman–Crippen LogP) is 2.08. The van der Waals surface area contributed by atoms with Crippen LogP contribution in [0.5, 0.6) is 0 Å². The van der Waals surface area contributed by atoms with Crippen LogP contribution in [-0.2, 0) is 0 Å². The smallest absolute Gasteiger partial charge is 0.0910 e. The first-order chi connectivity index (χ1) is 11.1. The van der Waals surface area contributed by atoms with Crippen molar-refractivity contribution in [3.05, 3.63) is 0 Å². The third-order valence-corrected chi connectivity index (χ3v) is 9.08. The van der Waals surface area contributed by atoms with E-state index in [1.807, 2.05) is 0 Å². The molecule has 0 heterocycles. The highest BCUT2D eigenvalue weighted by molar-refractivity contribution is 5.18. The Hall–Kier alpha value is -0.160. The molecule has 0 amide bonds. The Kier molecular flexibility index (Phi) is 3.57. The van der Waals surface area contributed by atoms with Crippen LogP contribution in [0.3, 0.4) is 0 Å². The van der Waals surface area contributed by atoms with Gasteiger partial charge in [0.05, 0.1) is 24.4 Å². The van der Waals surface area contributed by atoms with E-state index in [0.29, 0.717) is 24.7 Å². The van der Waals surface area contributed by atoms with Gasteiger partial charge in [-0.2, -0.15) is 0 Å². The highest BCUT2D eigenvalue weighted by Crippen LogP contribution is 2.72. The lowest BCUT2D eigenvalue weighted by Gasteiger charge is -2.65. The van der Waals surface area contributed by atoms with Crippen molar-refractivity contribution >= 4 is 0 Å². The van der Waals surface area contributed by atoms with Crippen molar-refractivity contribution in [2.24, 2.45) is 34.0 Å². The molecule has 4 saturated carbocycles. The molecule has 138 valence electrons. The third-order valence-electron chi connectivity index (χ3n) is 9.08. The lowest BCUT2D eigenvalue weighted by molar-refractivity contribution is -0.217. The summed E-state index contributed by atoms with van der Waals surface area (Å²) in [4.78, 5) is 0. The van der Waals surface area contributed by atoms with E-state index in [1.165, 1.54) is 0 Å². The van der Waals surface area contributed by atoms with E-state index >= 15 is 0 Å². The molecule has 0 aromatic heterocycles. The Morgan fingerprint density at radius 1 is 0.958 bits per heavy atom. The van der Waals surface area contributed by atoms with Gasteiger partial charge >= 0.3 is 0 Å². The molecule has 4 nitrogen and oxygen atoms in total. The second-order valence-corrected chi connectivity index (χ2v) is 10.5. The molecular weight excluding hydrogens is 304 g/mol.